The van der Waals surface area contributed by atoms with E-state index in [1.165, 1.54) is 4.88 Å². The first kappa shape index (κ1) is 25.2. The monoisotopic (exact) mass is 607 g/mol. The minimum atomic E-state index is -0.0328. The molecular formula is C27H34IN3O3S. The molecule has 0 aliphatic carbocycles. The van der Waals surface area contributed by atoms with Crippen LogP contribution in [0.4, 0.5) is 0 Å². The van der Waals surface area contributed by atoms with E-state index < -0.39 is 0 Å². The molecule has 1 aromatic heterocycles. The summed E-state index contributed by atoms with van der Waals surface area (Å²) < 4.78 is 6.54. The second-order valence-electron chi connectivity index (χ2n) is 10.2. The number of nitrogens with one attached hydrogen (secondary N) is 1. The van der Waals surface area contributed by atoms with Gasteiger partial charge in [-0.05, 0) is 66.7 Å². The molecule has 2 aromatic rings. The van der Waals surface area contributed by atoms with E-state index in [-0.39, 0.29) is 23.8 Å². The molecule has 5 rings (SSSR count). The Morgan fingerprint density at radius 3 is 2.43 bits per heavy atom. The van der Waals surface area contributed by atoms with Gasteiger partial charge < -0.3 is 19.9 Å². The number of carbonyl (C=O) groups excluding carboxylic acids is 2. The lowest BCUT2D eigenvalue weighted by Gasteiger charge is -2.25. The Balaban J connectivity index is 1.17. The van der Waals surface area contributed by atoms with Crippen molar-refractivity contribution in [3.8, 4) is 0 Å². The SMILES string of the molecule is Cc1sc(C)c(C(=O)N2CC3CN(CCC(NC(=O)C4CCOC4)c4ccccc4)C[C@H]3C2)c1I. The van der Waals surface area contributed by atoms with Crippen LogP contribution in [-0.4, -0.2) is 67.6 Å². The lowest BCUT2D eigenvalue weighted by Crippen LogP contribution is -2.37. The van der Waals surface area contributed by atoms with E-state index in [4.69, 9.17) is 4.74 Å². The third-order valence-electron chi connectivity index (χ3n) is 7.80. The van der Waals surface area contributed by atoms with Gasteiger partial charge in [0.25, 0.3) is 5.91 Å². The molecule has 0 bridgehead atoms. The molecule has 1 N–H and O–H groups in total. The lowest BCUT2D eigenvalue weighted by molar-refractivity contribution is -0.125. The number of hydrogen-bond donors (Lipinski definition) is 1. The average Bonchev–Trinajstić information content (AvgIpc) is 3.62. The number of aryl methyl sites for hydroxylation is 2. The number of carbonyl (C=O) groups is 2. The maximum atomic E-state index is 13.3. The van der Waals surface area contributed by atoms with Crippen LogP contribution >= 0.6 is 33.9 Å². The summed E-state index contributed by atoms with van der Waals surface area (Å²) in [6.07, 6.45) is 1.69. The molecule has 1 aromatic carbocycles. The van der Waals surface area contributed by atoms with Crippen LogP contribution in [-0.2, 0) is 9.53 Å². The van der Waals surface area contributed by atoms with Gasteiger partial charge in [-0.1, -0.05) is 30.3 Å². The number of likely N-dealkylation sites (tertiary alicyclic amines) is 2. The van der Waals surface area contributed by atoms with Crippen molar-refractivity contribution in [2.75, 3.05) is 45.9 Å². The average molecular weight is 608 g/mol. The van der Waals surface area contributed by atoms with Crippen molar-refractivity contribution in [2.45, 2.75) is 32.7 Å². The smallest absolute Gasteiger partial charge is 0.256 e. The van der Waals surface area contributed by atoms with Gasteiger partial charge in [0.05, 0.1) is 24.1 Å². The van der Waals surface area contributed by atoms with Gasteiger partial charge in [-0.3, -0.25) is 9.59 Å². The standard InChI is InChI=1S/C27H34IN3O3S/c1-17-24(25(28)18(2)35-17)27(33)31-14-21-12-30(13-22(21)15-31)10-8-23(19-6-4-3-5-7-19)29-26(32)20-9-11-34-16-20/h3-7,20-23H,8-16H2,1-2H3,(H,29,32)/t20?,21-,22?,23?/m0/s1. The minimum absolute atomic E-state index is 0.00898. The number of rotatable bonds is 7. The minimum Gasteiger partial charge on any atom is -0.381 e. The highest BCUT2D eigenvalue weighted by molar-refractivity contribution is 14.1. The van der Waals surface area contributed by atoms with Crippen molar-refractivity contribution in [3.05, 3.63) is 54.8 Å². The molecule has 4 atom stereocenters. The highest BCUT2D eigenvalue weighted by atomic mass is 127. The van der Waals surface area contributed by atoms with Gasteiger partial charge in [0, 0.05) is 52.7 Å². The van der Waals surface area contributed by atoms with Crippen LogP contribution in [0.15, 0.2) is 30.3 Å². The van der Waals surface area contributed by atoms with E-state index in [1.807, 2.05) is 18.2 Å². The molecule has 2 amide bonds. The Labute approximate surface area is 225 Å². The van der Waals surface area contributed by atoms with Crippen molar-refractivity contribution in [1.82, 2.24) is 15.1 Å². The summed E-state index contributed by atoms with van der Waals surface area (Å²) in [6, 6.07) is 10.3. The Morgan fingerprint density at radius 2 is 1.83 bits per heavy atom. The first-order valence-electron chi connectivity index (χ1n) is 12.6. The van der Waals surface area contributed by atoms with Gasteiger partial charge in [0.1, 0.15) is 0 Å². The summed E-state index contributed by atoms with van der Waals surface area (Å²) in [4.78, 5) is 33.1. The molecule has 188 valence electrons. The summed E-state index contributed by atoms with van der Waals surface area (Å²) in [5, 5.41) is 3.30. The van der Waals surface area contributed by atoms with Crippen LogP contribution in [0, 0.1) is 35.2 Å². The largest absolute Gasteiger partial charge is 0.381 e. The van der Waals surface area contributed by atoms with Gasteiger partial charge in [0.2, 0.25) is 5.91 Å². The molecule has 3 saturated heterocycles. The molecule has 3 aliphatic heterocycles. The number of ether oxygens (including phenoxy) is 1. The Morgan fingerprint density at radius 1 is 1.11 bits per heavy atom. The fraction of sp³-hybridized carbons (Fsp3) is 0.556. The first-order chi connectivity index (χ1) is 16.9. The van der Waals surface area contributed by atoms with Crippen LogP contribution in [0.3, 0.4) is 0 Å². The number of halogens is 1. The maximum absolute atomic E-state index is 13.3. The highest BCUT2D eigenvalue weighted by Crippen LogP contribution is 2.35. The number of fused-ring (bicyclic) bond motifs is 1. The molecular weight excluding hydrogens is 573 g/mol. The zero-order chi connectivity index (χ0) is 24.5. The molecule has 3 fully saturated rings. The topological polar surface area (TPSA) is 61.9 Å². The quantitative estimate of drug-likeness (QED) is 0.479. The number of benzene rings is 1. The van der Waals surface area contributed by atoms with E-state index in [0.717, 1.165) is 65.1 Å². The Kier molecular flexibility index (Phi) is 7.81. The third-order valence-corrected chi connectivity index (χ3v) is 10.5. The van der Waals surface area contributed by atoms with E-state index in [0.29, 0.717) is 25.0 Å². The Bertz CT molecular complexity index is 1060. The van der Waals surface area contributed by atoms with Crippen molar-refractivity contribution in [2.24, 2.45) is 17.8 Å². The molecule has 8 heteroatoms. The summed E-state index contributed by atoms with van der Waals surface area (Å²) in [5.41, 5.74) is 2.07. The number of nitrogens with zero attached hydrogens (tertiary/aromatic N) is 2. The maximum Gasteiger partial charge on any atom is 0.256 e. The molecule has 0 spiro atoms. The highest BCUT2D eigenvalue weighted by Gasteiger charge is 2.42. The summed E-state index contributed by atoms with van der Waals surface area (Å²) in [6.45, 7) is 10.1. The van der Waals surface area contributed by atoms with Crippen molar-refractivity contribution < 1.29 is 14.3 Å². The van der Waals surface area contributed by atoms with Crippen LogP contribution in [0.5, 0.6) is 0 Å². The van der Waals surface area contributed by atoms with Gasteiger partial charge in [0.15, 0.2) is 0 Å². The summed E-state index contributed by atoms with van der Waals surface area (Å²) >= 11 is 4.05. The van der Waals surface area contributed by atoms with Crippen molar-refractivity contribution in [3.63, 3.8) is 0 Å². The zero-order valence-electron chi connectivity index (χ0n) is 20.5. The normalized spacial score (nSPS) is 25.1. The number of amides is 2. The van der Waals surface area contributed by atoms with Crippen molar-refractivity contribution >= 4 is 45.7 Å². The van der Waals surface area contributed by atoms with E-state index in [1.54, 1.807) is 11.3 Å². The van der Waals surface area contributed by atoms with E-state index >= 15 is 0 Å². The summed E-state index contributed by atoms with van der Waals surface area (Å²) in [5.74, 6) is 1.36. The zero-order valence-corrected chi connectivity index (χ0v) is 23.4. The van der Waals surface area contributed by atoms with Gasteiger partial charge >= 0.3 is 0 Å². The Hall–Kier alpha value is -1.49. The predicted molar refractivity (Wildman–Crippen MR) is 147 cm³/mol. The molecule has 3 aliphatic rings. The van der Waals surface area contributed by atoms with E-state index in [2.05, 4.69) is 63.7 Å². The van der Waals surface area contributed by atoms with Crippen LogP contribution in [0.25, 0.3) is 0 Å². The lowest BCUT2D eigenvalue weighted by atomic mass is 10.0. The number of thiophene rings is 1. The molecule has 6 nitrogen and oxygen atoms in total. The second-order valence-corrected chi connectivity index (χ2v) is 12.7. The van der Waals surface area contributed by atoms with Crippen LogP contribution < -0.4 is 5.32 Å². The van der Waals surface area contributed by atoms with Gasteiger partial charge in [-0.2, -0.15) is 0 Å². The number of hydrogen-bond acceptors (Lipinski definition) is 5. The van der Waals surface area contributed by atoms with E-state index in [9.17, 15) is 9.59 Å². The molecule has 0 radical (unpaired) electrons. The van der Waals surface area contributed by atoms with Crippen LogP contribution in [0.2, 0.25) is 0 Å². The summed E-state index contributed by atoms with van der Waals surface area (Å²) in [7, 11) is 0. The second kappa shape index (κ2) is 10.9. The third kappa shape index (κ3) is 5.45. The van der Waals surface area contributed by atoms with Crippen molar-refractivity contribution in [1.29, 1.82) is 0 Å². The fourth-order valence-electron chi connectivity index (χ4n) is 5.85. The van der Waals surface area contributed by atoms with Gasteiger partial charge in [-0.15, -0.1) is 11.3 Å². The van der Waals surface area contributed by atoms with Crippen LogP contribution in [0.1, 0.15) is 44.6 Å². The first-order valence-corrected chi connectivity index (χ1v) is 14.5. The molecule has 3 unspecified atom stereocenters. The molecule has 4 heterocycles. The van der Waals surface area contributed by atoms with Gasteiger partial charge in [-0.25, -0.2) is 0 Å². The molecule has 35 heavy (non-hydrogen) atoms. The molecule has 0 saturated carbocycles. The predicted octanol–water partition coefficient (Wildman–Crippen LogP) is 4.26. The fourth-order valence-corrected chi connectivity index (χ4v) is 7.94.